The van der Waals surface area contributed by atoms with Crippen molar-refractivity contribution >= 4 is 11.8 Å². The minimum absolute atomic E-state index is 0.0957. The molecule has 1 aliphatic heterocycles. The van der Waals surface area contributed by atoms with Gasteiger partial charge in [0.15, 0.2) is 0 Å². The molecule has 6 rings (SSSR count). The van der Waals surface area contributed by atoms with Gasteiger partial charge in [0.05, 0.1) is 18.3 Å². The van der Waals surface area contributed by atoms with Crippen molar-refractivity contribution in [2.75, 3.05) is 0 Å². The standard InChI is InChI=1S/C24H40O5.C10H17NO/c1-13(4-7-21(28)29)16-5-6-17-22-18(12-20(27)24(16,17)3)23(2)9-8-15(25)10-14(23)11-19(22)26;1-7-6-10(12)8-4-2-3-5-9(8)11-7/h13-20,22,25-27H,4-12H2,1-3H3,(H,28,29);7-9,11H,2-6H2,1H3/t13-,14?,15-,16-,17?,18?,19?,20+,22?,23+,24-;7-,8?,9?/m10/s1. The Morgan fingerprint density at radius 1 is 1.00 bits per heavy atom. The van der Waals surface area contributed by atoms with E-state index in [1.807, 2.05) is 0 Å². The zero-order valence-corrected chi connectivity index (χ0v) is 25.9. The molecule has 5 aliphatic carbocycles. The summed E-state index contributed by atoms with van der Waals surface area (Å²) in [7, 11) is 0. The minimum Gasteiger partial charge on any atom is -0.481 e. The SMILES string of the molecule is C[C@H](CCC(=O)O)[C@H]1CCC2C3C(O)CC4C[C@H](O)CC[C@]4(C)C3C[C@H](O)[C@@]21C.C[C@H]1CC(=O)C2CCCCC2N1. The predicted octanol–water partition coefficient (Wildman–Crippen LogP) is 4.94. The van der Waals surface area contributed by atoms with Crippen LogP contribution < -0.4 is 5.32 Å². The largest absolute Gasteiger partial charge is 0.481 e. The molecule has 0 aromatic rings. The number of hydrogen-bond acceptors (Lipinski definition) is 6. The monoisotopic (exact) mass is 575 g/mol. The van der Waals surface area contributed by atoms with Crippen molar-refractivity contribution in [3.63, 3.8) is 0 Å². The van der Waals surface area contributed by atoms with E-state index >= 15 is 0 Å². The third-order valence-corrected chi connectivity index (χ3v) is 13.5. The zero-order valence-electron chi connectivity index (χ0n) is 25.9. The number of rotatable bonds is 4. The number of carbonyl (C=O) groups is 2. The molecule has 0 aromatic carbocycles. The maximum Gasteiger partial charge on any atom is 0.303 e. The number of fused-ring (bicyclic) bond motifs is 6. The number of nitrogens with one attached hydrogen (secondary N) is 1. The van der Waals surface area contributed by atoms with E-state index in [9.17, 15) is 24.9 Å². The lowest BCUT2D eigenvalue weighted by Gasteiger charge is -2.63. The van der Waals surface area contributed by atoms with Gasteiger partial charge in [-0.15, -0.1) is 0 Å². The van der Waals surface area contributed by atoms with Crippen LogP contribution >= 0.6 is 0 Å². The Labute approximate surface area is 247 Å². The molecule has 1 saturated heterocycles. The van der Waals surface area contributed by atoms with Gasteiger partial charge in [-0.3, -0.25) is 9.59 Å². The number of carboxylic acid groups (broad SMARTS) is 1. The highest BCUT2D eigenvalue weighted by atomic mass is 16.4. The molecule has 0 spiro atoms. The summed E-state index contributed by atoms with van der Waals surface area (Å²) in [5, 5.41) is 45.5. The molecule has 6 fully saturated rings. The molecule has 0 radical (unpaired) electrons. The normalized spacial score (nSPS) is 49.8. The number of Topliss-reactive ketones (excluding diaryl/α,β-unsaturated/α-hetero) is 1. The summed E-state index contributed by atoms with van der Waals surface area (Å²) >= 11 is 0. The topological polar surface area (TPSA) is 127 Å². The first-order valence-electron chi connectivity index (χ1n) is 16.9. The molecule has 7 nitrogen and oxygen atoms in total. The van der Waals surface area contributed by atoms with Gasteiger partial charge in [-0.25, -0.2) is 0 Å². The Morgan fingerprint density at radius 3 is 2.46 bits per heavy atom. The van der Waals surface area contributed by atoms with Gasteiger partial charge in [-0.1, -0.05) is 33.6 Å². The molecule has 0 bridgehead atoms. The number of hydrogen-bond donors (Lipinski definition) is 5. The first-order valence-corrected chi connectivity index (χ1v) is 16.9. The molecule has 6 aliphatic rings. The fourth-order valence-corrected chi connectivity index (χ4v) is 11.3. The second-order valence-corrected chi connectivity index (χ2v) is 15.7. The summed E-state index contributed by atoms with van der Waals surface area (Å²) in [5.74, 6) is 1.86. The molecule has 14 atom stereocenters. The van der Waals surface area contributed by atoms with Gasteiger partial charge in [-0.2, -0.15) is 0 Å². The van der Waals surface area contributed by atoms with E-state index in [0.29, 0.717) is 53.9 Å². The maximum absolute atomic E-state index is 11.6. The summed E-state index contributed by atoms with van der Waals surface area (Å²) < 4.78 is 0. The van der Waals surface area contributed by atoms with E-state index in [1.165, 1.54) is 19.3 Å². The molecule has 5 N–H and O–H groups in total. The van der Waals surface area contributed by atoms with E-state index in [0.717, 1.165) is 57.8 Å². The Hall–Kier alpha value is -1.02. The molecule has 0 amide bonds. The van der Waals surface area contributed by atoms with Gasteiger partial charge < -0.3 is 25.7 Å². The maximum atomic E-state index is 11.6. The first kappa shape index (κ1) is 31.4. The average Bonchev–Trinajstić information content (AvgIpc) is 3.27. The molecule has 1 heterocycles. The van der Waals surface area contributed by atoms with Crippen LogP contribution in [0.5, 0.6) is 0 Å². The number of ketones is 1. The Morgan fingerprint density at radius 2 is 1.73 bits per heavy atom. The van der Waals surface area contributed by atoms with Gasteiger partial charge in [0.25, 0.3) is 0 Å². The van der Waals surface area contributed by atoms with Crippen LogP contribution in [0.2, 0.25) is 0 Å². The zero-order chi connectivity index (χ0) is 29.7. The van der Waals surface area contributed by atoms with Crippen molar-refractivity contribution in [3.8, 4) is 0 Å². The minimum atomic E-state index is -0.748. The molecule has 7 heteroatoms. The van der Waals surface area contributed by atoms with Crippen LogP contribution in [-0.4, -0.2) is 62.6 Å². The lowest BCUT2D eigenvalue weighted by Crippen LogP contribution is -2.62. The summed E-state index contributed by atoms with van der Waals surface area (Å²) in [6.45, 7) is 8.84. The van der Waals surface area contributed by atoms with Gasteiger partial charge in [0.2, 0.25) is 0 Å². The van der Waals surface area contributed by atoms with Crippen LogP contribution in [0.15, 0.2) is 0 Å². The van der Waals surface area contributed by atoms with Crippen molar-refractivity contribution in [2.24, 2.45) is 52.3 Å². The van der Waals surface area contributed by atoms with Crippen molar-refractivity contribution in [2.45, 2.75) is 148 Å². The number of aliphatic hydroxyl groups is 3. The van der Waals surface area contributed by atoms with Crippen molar-refractivity contribution < 1.29 is 30.0 Å². The second kappa shape index (κ2) is 12.2. The Balaban J connectivity index is 0.000000234. The molecular weight excluding hydrogens is 518 g/mol. The smallest absolute Gasteiger partial charge is 0.303 e. The summed E-state index contributed by atoms with van der Waals surface area (Å²) in [4.78, 5) is 22.7. The van der Waals surface area contributed by atoms with Gasteiger partial charge in [0.1, 0.15) is 5.78 Å². The molecular formula is C34H57NO6. The third kappa shape index (κ3) is 5.79. The van der Waals surface area contributed by atoms with Crippen LogP contribution in [-0.2, 0) is 9.59 Å². The Kier molecular flexibility index (Phi) is 9.32. The number of piperidine rings is 1. The lowest BCUT2D eigenvalue weighted by molar-refractivity contribution is -0.207. The van der Waals surface area contributed by atoms with Crippen molar-refractivity contribution in [1.29, 1.82) is 0 Å². The summed E-state index contributed by atoms with van der Waals surface area (Å²) in [6.07, 6.45) is 11.6. The first-order chi connectivity index (χ1) is 19.4. The van der Waals surface area contributed by atoms with Crippen LogP contribution in [0.3, 0.4) is 0 Å². The highest BCUT2D eigenvalue weighted by Gasteiger charge is 2.65. The van der Waals surface area contributed by atoms with Crippen molar-refractivity contribution in [3.05, 3.63) is 0 Å². The average molecular weight is 576 g/mol. The molecule has 7 unspecified atom stereocenters. The Bertz CT molecular complexity index is 957. The fraction of sp³-hybridized carbons (Fsp3) is 0.941. The summed E-state index contributed by atoms with van der Waals surface area (Å²) in [5.41, 5.74) is -0.143. The van der Waals surface area contributed by atoms with Gasteiger partial charge in [0, 0.05) is 30.8 Å². The predicted molar refractivity (Wildman–Crippen MR) is 158 cm³/mol. The van der Waals surface area contributed by atoms with Crippen LogP contribution in [0.1, 0.15) is 118 Å². The van der Waals surface area contributed by atoms with Crippen LogP contribution in [0.25, 0.3) is 0 Å². The number of aliphatic hydroxyl groups excluding tert-OH is 3. The molecule has 234 valence electrons. The fourth-order valence-electron chi connectivity index (χ4n) is 11.3. The van der Waals surface area contributed by atoms with E-state index < -0.39 is 12.1 Å². The molecule has 5 saturated carbocycles. The van der Waals surface area contributed by atoms with E-state index in [1.54, 1.807) is 0 Å². The van der Waals surface area contributed by atoms with E-state index in [-0.39, 0.29) is 41.3 Å². The van der Waals surface area contributed by atoms with Crippen LogP contribution in [0.4, 0.5) is 0 Å². The highest BCUT2D eigenvalue weighted by Crippen LogP contribution is 2.68. The lowest BCUT2D eigenvalue weighted by atomic mass is 9.43. The number of carbonyl (C=O) groups excluding carboxylic acids is 1. The van der Waals surface area contributed by atoms with E-state index in [2.05, 4.69) is 33.0 Å². The van der Waals surface area contributed by atoms with Crippen LogP contribution in [0, 0.1) is 52.3 Å². The highest BCUT2D eigenvalue weighted by molar-refractivity contribution is 5.83. The number of aliphatic carboxylic acids is 1. The van der Waals surface area contributed by atoms with E-state index in [4.69, 9.17) is 5.11 Å². The third-order valence-electron chi connectivity index (χ3n) is 13.5. The summed E-state index contributed by atoms with van der Waals surface area (Å²) in [6, 6.07) is 0.923. The quantitative estimate of drug-likeness (QED) is 0.321. The van der Waals surface area contributed by atoms with Crippen molar-refractivity contribution in [1.82, 2.24) is 5.32 Å². The molecule has 0 aromatic heterocycles. The van der Waals surface area contributed by atoms with Gasteiger partial charge >= 0.3 is 5.97 Å². The molecule has 41 heavy (non-hydrogen) atoms. The van der Waals surface area contributed by atoms with Gasteiger partial charge in [-0.05, 0) is 117 Å². The second-order valence-electron chi connectivity index (χ2n) is 15.7. The number of carboxylic acids is 1.